The van der Waals surface area contributed by atoms with Gasteiger partial charge in [0.1, 0.15) is 0 Å². The van der Waals surface area contributed by atoms with E-state index in [0.29, 0.717) is 6.04 Å². The molecule has 1 atom stereocenters. The zero-order chi connectivity index (χ0) is 13.7. The van der Waals surface area contributed by atoms with Gasteiger partial charge in [0, 0.05) is 24.7 Å². The molecule has 2 fully saturated rings. The number of hydrogen-bond acceptors (Lipinski definition) is 2. The van der Waals surface area contributed by atoms with Crippen LogP contribution in [0.15, 0.2) is 0 Å². The van der Waals surface area contributed by atoms with Gasteiger partial charge in [0.05, 0.1) is 0 Å². The summed E-state index contributed by atoms with van der Waals surface area (Å²) in [6, 6.07) is 2.32. The quantitative estimate of drug-likeness (QED) is 0.786. The van der Waals surface area contributed by atoms with Gasteiger partial charge >= 0.3 is 0 Å². The van der Waals surface area contributed by atoms with E-state index in [1.807, 2.05) is 0 Å². The maximum absolute atomic E-state index is 3.67. The molecule has 1 heterocycles. The molecule has 2 rings (SSSR count). The molecule has 0 spiro atoms. The van der Waals surface area contributed by atoms with Crippen LogP contribution in [0, 0.1) is 5.92 Å². The molecule has 1 aliphatic heterocycles. The van der Waals surface area contributed by atoms with Gasteiger partial charge in [-0.25, -0.2) is 0 Å². The first-order chi connectivity index (χ1) is 9.20. The molecule has 112 valence electrons. The van der Waals surface area contributed by atoms with Crippen LogP contribution in [0.3, 0.4) is 0 Å². The molecule has 19 heavy (non-hydrogen) atoms. The van der Waals surface area contributed by atoms with E-state index in [9.17, 15) is 0 Å². The van der Waals surface area contributed by atoms with Crippen LogP contribution in [0.2, 0.25) is 0 Å². The maximum Gasteiger partial charge on any atom is 0.0195 e. The van der Waals surface area contributed by atoms with Crippen molar-refractivity contribution in [1.82, 2.24) is 10.2 Å². The fraction of sp³-hybridized carbons (Fsp3) is 1.00. The lowest BCUT2D eigenvalue weighted by atomic mass is 9.82. The van der Waals surface area contributed by atoms with Crippen LogP contribution in [0.4, 0.5) is 0 Å². The second kappa shape index (κ2) is 7.64. The number of nitrogens with zero attached hydrogens (tertiary/aromatic N) is 1. The molecular formula is C17H34N2. The van der Waals surface area contributed by atoms with Crippen molar-refractivity contribution >= 4 is 0 Å². The van der Waals surface area contributed by atoms with Crippen LogP contribution in [0.25, 0.3) is 0 Å². The Bertz CT molecular complexity index is 238. The van der Waals surface area contributed by atoms with Crippen molar-refractivity contribution in [3.05, 3.63) is 0 Å². The van der Waals surface area contributed by atoms with Crippen LogP contribution < -0.4 is 5.32 Å². The lowest BCUT2D eigenvalue weighted by molar-refractivity contribution is 0.0942. The van der Waals surface area contributed by atoms with E-state index < -0.39 is 0 Å². The first-order valence-corrected chi connectivity index (χ1v) is 8.69. The summed E-state index contributed by atoms with van der Waals surface area (Å²) in [5, 5.41) is 3.67. The molecule has 1 saturated heterocycles. The van der Waals surface area contributed by atoms with Gasteiger partial charge in [-0.1, -0.05) is 19.8 Å². The Kier molecular flexibility index (Phi) is 6.15. The molecule has 2 aliphatic rings. The first-order valence-electron chi connectivity index (χ1n) is 8.69. The van der Waals surface area contributed by atoms with E-state index in [-0.39, 0.29) is 0 Å². The number of hydrogen-bond donors (Lipinski definition) is 1. The topological polar surface area (TPSA) is 15.3 Å². The summed E-state index contributed by atoms with van der Waals surface area (Å²) in [5.74, 6) is 1.03. The zero-order valence-corrected chi connectivity index (χ0v) is 13.3. The molecule has 0 aromatic rings. The molecule has 0 bridgehead atoms. The van der Waals surface area contributed by atoms with Gasteiger partial charge < -0.3 is 5.32 Å². The predicted octanol–water partition coefficient (Wildman–Crippen LogP) is 3.81. The van der Waals surface area contributed by atoms with Crippen molar-refractivity contribution in [3.8, 4) is 0 Å². The van der Waals surface area contributed by atoms with Gasteiger partial charge in [-0.15, -0.1) is 0 Å². The Hall–Kier alpha value is -0.0800. The molecule has 1 saturated carbocycles. The average molecular weight is 266 g/mol. The summed E-state index contributed by atoms with van der Waals surface area (Å²) in [6.07, 6.45) is 11.4. The van der Waals surface area contributed by atoms with Crippen molar-refractivity contribution in [3.63, 3.8) is 0 Å². The Balaban J connectivity index is 1.82. The van der Waals surface area contributed by atoms with Crippen molar-refractivity contribution in [1.29, 1.82) is 0 Å². The van der Waals surface area contributed by atoms with E-state index in [1.165, 1.54) is 64.5 Å². The monoisotopic (exact) mass is 266 g/mol. The molecule has 1 unspecified atom stereocenters. The highest BCUT2D eigenvalue weighted by molar-refractivity contribution is 4.86. The molecule has 0 aromatic heterocycles. The van der Waals surface area contributed by atoms with Crippen LogP contribution in [-0.2, 0) is 0 Å². The van der Waals surface area contributed by atoms with Gasteiger partial charge in [0.2, 0.25) is 0 Å². The van der Waals surface area contributed by atoms with Crippen LogP contribution in [-0.4, -0.2) is 36.1 Å². The molecule has 2 heteroatoms. The summed E-state index contributed by atoms with van der Waals surface area (Å²) in [5.41, 5.74) is 0. The number of nitrogens with one attached hydrogen (secondary N) is 1. The highest BCUT2D eigenvalue weighted by atomic mass is 15.2. The molecule has 1 aliphatic carbocycles. The fourth-order valence-corrected chi connectivity index (χ4v) is 4.12. The maximum atomic E-state index is 3.67. The largest absolute Gasteiger partial charge is 0.313 e. The molecule has 0 aromatic carbocycles. The Labute approximate surface area is 120 Å². The van der Waals surface area contributed by atoms with Crippen molar-refractivity contribution in [2.45, 2.75) is 90.3 Å². The highest BCUT2D eigenvalue weighted by Gasteiger charge is 2.29. The molecule has 0 amide bonds. The molecular weight excluding hydrogens is 232 g/mol. The van der Waals surface area contributed by atoms with Crippen LogP contribution in [0.1, 0.15) is 72.1 Å². The third-order valence-electron chi connectivity index (χ3n) is 5.24. The Morgan fingerprint density at radius 2 is 1.84 bits per heavy atom. The van der Waals surface area contributed by atoms with Crippen molar-refractivity contribution in [2.75, 3.05) is 13.1 Å². The summed E-state index contributed by atoms with van der Waals surface area (Å²) in [7, 11) is 0. The normalized spacial score (nSPS) is 32.4. The number of rotatable bonds is 6. The second-order valence-corrected chi connectivity index (χ2v) is 7.05. The predicted molar refractivity (Wildman–Crippen MR) is 83.5 cm³/mol. The van der Waals surface area contributed by atoms with Crippen molar-refractivity contribution < 1.29 is 0 Å². The smallest absolute Gasteiger partial charge is 0.0195 e. The lowest BCUT2D eigenvalue weighted by Gasteiger charge is -2.40. The van der Waals surface area contributed by atoms with E-state index in [1.54, 1.807) is 0 Å². The fourth-order valence-electron chi connectivity index (χ4n) is 4.12. The van der Waals surface area contributed by atoms with Gasteiger partial charge in [-0.05, 0) is 64.8 Å². The van der Waals surface area contributed by atoms with Crippen molar-refractivity contribution in [2.24, 2.45) is 5.92 Å². The molecule has 0 radical (unpaired) electrons. The second-order valence-electron chi connectivity index (χ2n) is 7.05. The minimum absolute atomic E-state index is 0.704. The minimum Gasteiger partial charge on any atom is -0.313 e. The van der Waals surface area contributed by atoms with Gasteiger partial charge in [0.25, 0.3) is 0 Å². The summed E-state index contributed by atoms with van der Waals surface area (Å²) in [6.45, 7) is 9.61. The van der Waals surface area contributed by atoms with E-state index in [0.717, 1.165) is 18.0 Å². The van der Waals surface area contributed by atoms with E-state index >= 15 is 0 Å². The SMILES string of the molecule is CCCC1CCC(N(CC2CCCN2)C(C)C)CC1. The Morgan fingerprint density at radius 1 is 1.11 bits per heavy atom. The van der Waals surface area contributed by atoms with E-state index in [4.69, 9.17) is 0 Å². The summed E-state index contributed by atoms with van der Waals surface area (Å²) in [4.78, 5) is 2.80. The first kappa shape index (κ1) is 15.3. The van der Waals surface area contributed by atoms with Gasteiger partial charge in [0.15, 0.2) is 0 Å². The van der Waals surface area contributed by atoms with Crippen LogP contribution >= 0.6 is 0 Å². The molecule has 2 nitrogen and oxygen atoms in total. The lowest BCUT2D eigenvalue weighted by Crippen LogP contribution is -2.48. The average Bonchev–Trinajstić information content (AvgIpc) is 2.90. The van der Waals surface area contributed by atoms with Gasteiger partial charge in [-0.2, -0.15) is 0 Å². The Morgan fingerprint density at radius 3 is 2.37 bits per heavy atom. The minimum atomic E-state index is 0.704. The van der Waals surface area contributed by atoms with E-state index in [2.05, 4.69) is 31.0 Å². The summed E-state index contributed by atoms with van der Waals surface area (Å²) < 4.78 is 0. The van der Waals surface area contributed by atoms with Crippen LogP contribution in [0.5, 0.6) is 0 Å². The standard InChI is InChI=1S/C17H34N2/c1-4-6-15-8-10-17(11-9-15)19(14(2)3)13-16-7-5-12-18-16/h14-18H,4-13H2,1-3H3. The highest BCUT2D eigenvalue weighted by Crippen LogP contribution is 2.31. The van der Waals surface area contributed by atoms with Gasteiger partial charge in [-0.3, -0.25) is 4.90 Å². The summed E-state index contributed by atoms with van der Waals surface area (Å²) >= 11 is 0. The zero-order valence-electron chi connectivity index (χ0n) is 13.3. The third kappa shape index (κ3) is 4.46. The molecule has 1 N–H and O–H groups in total. The third-order valence-corrected chi connectivity index (χ3v) is 5.24.